The fraction of sp³-hybridized carbons (Fsp3) is 0.750. The summed E-state index contributed by atoms with van der Waals surface area (Å²) in [5.41, 5.74) is 6.28. The number of rotatable bonds is 4. The Morgan fingerprint density at radius 2 is 2.38 bits per heavy atom. The minimum atomic E-state index is -0.825. The second-order valence-electron chi connectivity index (χ2n) is 1.38. The molecule has 0 rings (SSSR count). The van der Waals surface area contributed by atoms with Gasteiger partial charge in [-0.05, 0) is 6.42 Å². The fourth-order valence-electron chi connectivity index (χ4n) is 0.309. The van der Waals surface area contributed by atoms with Gasteiger partial charge in [0.25, 0.3) is 0 Å². The Kier molecular flexibility index (Phi) is 3.74. The molecule has 0 heterocycles. The van der Waals surface area contributed by atoms with Crippen LogP contribution in [0.15, 0.2) is 5.11 Å². The molecule has 8 heavy (non-hydrogen) atoms. The summed E-state index contributed by atoms with van der Waals surface area (Å²) < 4.78 is 0. The van der Waals surface area contributed by atoms with E-state index < -0.39 is 5.97 Å². The summed E-state index contributed by atoms with van der Waals surface area (Å²) in [6.07, 6.45) is 0.585. The molecule has 0 saturated heterocycles. The Morgan fingerprint density at radius 3 is 2.75 bits per heavy atom. The molecule has 0 aromatic carbocycles. The van der Waals surface area contributed by atoms with E-state index in [0.717, 1.165) is 0 Å². The average molecular weight is 116 g/mol. The van der Waals surface area contributed by atoms with Gasteiger partial charge >= 0.3 is 5.97 Å². The molecular formula is C4H8N2O2. The maximum atomic E-state index is 9.77. The summed E-state index contributed by atoms with van der Waals surface area (Å²) in [6, 6.07) is 0. The first-order chi connectivity index (χ1) is 3.77. The van der Waals surface area contributed by atoms with E-state index in [9.17, 15) is 4.79 Å². The number of nitrogens with one attached hydrogen (secondary N) is 1. The van der Waals surface area contributed by atoms with E-state index >= 15 is 0 Å². The Balaban J connectivity index is 2.93. The molecule has 0 atom stereocenters. The highest BCUT2D eigenvalue weighted by atomic mass is 16.4. The van der Waals surface area contributed by atoms with E-state index in [-0.39, 0.29) is 6.42 Å². The van der Waals surface area contributed by atoms with Crippen LogP contribution < -0.4 is 0 Å². The van der Waals surface area contributed by atoms with Crippen LogP contribution in [0.3, 0.4) is 0 Å². The van der Waals surface area contributed by atoms with Crippen LogP contribution in [0.25, 0.3) is 0 Å². The fourth-order valence-corrected chi connectivity index (χ4v) is 0.309. The average Bonchev–Trinajstić information content (AvgIpc) is 1.66. The van der Waals surface area contributed by atoms with Crippen LogP contribution in [0.1, 0.15) is 12.8 Å². The maximum absolute atomic E-state index is 9.77. The van der Waals surface area contributed by atoms with Crippen molar-refractivity contribution < 1.29 is 9.90 Å². The minimum absolute atomic E-state index is 0.113. The van der Waals surface area contributed by atoms with Gasteiger partial charge < -0.3 is 5.11 Å². The third kappa shape index (κ3) is 5.07. The largest absolute Gasteiger partial charge is 0.481 e. The van der Waals surface area contributed by atoms with Crippen LogP contribution >= 0.6 is 0 Å². The first-order valence-electron chi connectivity index (χ1n) is 2.32. The number of carbonyl (C=O) groups is 1. The zero-order valence-corrected chi connectivity index (χ0v) is 4.42. The van der Waals surface area contributed by atoms with Gasteiger partial charge in [0.05, 0.1) is 6.54 Å². The predicted octanol–water partition coefficient (Wildman–Crippen LogP) is 0.882. The molecule has 0 aliphatic heterocycles. The van der Waals surface area contributed by atoms with E-state index in [1.165, 1.54) is 0 Å². The molecular weight excluding hydrogens is 108 g/mol. The molecule has 0 aromatic rings. The van der Waals surface area contributed by atoms with Crippen LogP contribution in [0.2, 0.25) is 0 Å². The summed E-state index contributed by atoms with van der Waals surface area (Å²) in [5.74, 6) is -0.825. The van der Waals surface area contributed by atoms with Gasteiger partial charge in [0.1, 0.15) is 0 Å². The summed E-state index contributed by atoms with van der Waals surface area (Å²) >= 11 is 0. The van der Waals surface area contributed by atoms with Crippen molar-refractivity contribution in [3.63, 3.8) is 0 Å². The van der Waals surface area contributed by atoms with Gasteiger partial charge in [0, 0.05) is 6.42 Å². The van der Waals surface area contributed by atoms with Crippen molar-refractivity contribution in [2.45, 2.75) is 12.8 Å². The minimum Gasteiger partial charge on any atom is -0.481 e. The molecule has 0 saturated carbocycles. The number of hydrogen-bond donors (Lipinski definition) is 2. The van der Waals surface area contributed by atoms with Crippen LogP contribution in [0.5, 0.6) is 0 Å². The Hall–Kier alpha value is -0.930. The first kappa shape index (κ1) is 7.07. The summed E-state index contributed by atoms with van der Waals surface area (Å²) in [5, 5.41) is 11.0. The summed E-state index contributed by atoms with van der Waals surface area (Å²) in [4.78, 5) is 9.77. The lowest BCUT2D eigenvalue weighted by atomic mass is 10.3. The molecule has 0 amide bonds. The molecule has 0 fully saturated rings. The van der Waals surface area contributed by atoms with Crippen molar-refractivity contribution in [2.75, 3.05) is 6.54 Å². The van der Waals surface area contributed by atoms with Crippen molar-refractivity contribution in [1.82, 2.24) is 0 Å². The van der Waals surface area contributed by atoms with E-state index in [4.69, 9.17) is 10.6 Å². The van der Waals surface area contributed by atoms with Gasteiger partial charge in [-0.15, -0.1) is 0 Å². The standard InChI is InChI=1S/C4H8N2O2/c5-6-3-1-2-4(7)8/h5H,1-3H2,(H,7,8). The van der Waals surface area contributed by atoms with Gasteiger partial charge in [0.2, 0.25) is 0 Å². The zero-order valence-electron chi connectivity index (χ0n) is 4.42. The highest BCUT2D eigenvalue weighted by molar-refractivity contribution is 5.66. The number of carboxylic acids is 1. The summed E-state index contributed by atoms with van der Waals surface area (Å²) in [7, 11) is 0. The van der Waals surface area contributed by atoms with Gasteiger partial charge in [-0.1, -0.05) is 0 Å². The third-order valence-corrected chi connectivity index (χ3v) is 0.661. The predicted molar refractivity (Wildman–Crippen MR) is 26.9 cm³/mol. The molecule has 0 aromatic heterocycles. The lowest BCUT2D eigenvalue weighted by Gasteiger charge is -1.86. The SMILES string of the molecule is N=NCCCC(=O)O. The van der Waals surface area contributed by atoms with Gasteiger partial charge in [0.15, 0.2) is 0 Å². The van der Waals surface area contributed by atoms with Crippen LogP contribution in [0, 0.1) is 5.53 Å². The van der Waals surface area contributed by atoms with E-state index in [1.807, 2.05) is 0 Å². The molecule has 0 bridgehead atoms. The summed E-state index contributed by atoms with van der Waals surface area (Å²) in [6.45, 7) is 0.326. The zero-order chi connectivity index (χ0) is 6.41. The number of aliphatic carboxylic acids is 1. The molecule has 0 aliphatic carbocycles. The monoisotopic (exact) mass is 116 g/mol. The van der Waals surface area contributed by atoms with Crippen LogP contribution in [-0.4, -0.2) is 17.6 Å². The lowest BCUT2D eigenvalue weighted by molar-refractivity contribution is -0.137. The quantitative estimate of drug-likeness (QED) is 0.422. The highest BCUT2D eigenvalue weighted by Gasteiger charge is 1.92. The van der Waals surface area contributed by atoms with E-state index in [2.05, 4.69) is 5.11 Å². The van der Waals surface area contributed by atoms with Crippen molar-refractivity contribution in [1.29, 1.82) is 5.53 Å². The molecule has 4 nitrogen and oxygen atoms in total. The highest BCUT2D eigenvalue weighted by Crippen LogP contribution is 1.87. The maximum Gasteiger partial charge on any atom is 0.303 e. The van der Waals surface area contributed by atoms with Crippen LogP contribution in [0.4, 0.5) is 0 Å². The third-order valence-electron chi connectivity index (χ3n) is 0.661. The second kappa shape index (κ2) is 4.23. The van der Waals surface area contributed by atoms with E-state index in [1.54, 1.807) is 0 Å². The van der Waals surface area contributed by atoms with E-state index in [0.29, 0.717) is 13.0 Å². The lowest BCUT2D eigenvalue weighted by Crippen LogP contribution is -1.94. The van der Waals surface area contributed by atoms with Crippen molar-refractivity contribution in [3.8, 4) is 0 Å². The number of carboxylic acid groups (broad SMARTS) is 1. The molecule has 0 radical (unpaired) electrons. The molecule has 46 valence electrons. The Morgan fingerprint density at radius 1 is 1.75 bits per heavy atom. The topological polar surface area (TPSA) is 73.5 Å². The molecule has 0 spiro atoms. The van der Waals surface area contributed by atoms with Crippen molar-refractivity contribution in [3.05, 3.63) is 0 Å². The Bertz CT molecular complexity index is 92.0. The molecule has 0 unspecified atom stereocenters. The number of nitrogens with zero attached hydrogens (tertiary/aromatic N) is 1. The van der Waals surface area contributed by atoms with Gasteiger partial charge in [-0.3, -0.25) is 4.79 Å². The van der Waals surface area contributed by atoms with Crippen LogP contribution in [-0.2, 0) is 4.79 Å². The second-order valence-corrected chi connectivity index (χ2v) is 1.38. The molecule has 2 N–H and O–H groups in total. The Labute approximate surface area is 47.0 Å². The first-order valence-corrected chi connectivity index (χ1v) is 2.32. The smallest absolute Gasteiger partial charge is 0.303 e. The van der Waals surface area contributed by atoms with Crippen molar-refractivity contribution in [2.24, 2.45) is 5.11 Å². The molecule has 4 heteroatoms. The van der Waals surface area contributed by atoms with Gasteiger partial charge in [-0.25, -0.2) is 5.53 Å². The number of hydrogen-bond acceptors (Lipinski definition) is 3. The van der Waals surface area contributed by atoms with Crippen molar-refractivity contribution >= 4 is 5.97 Å². The normalized spacial score (nSPS) is 8.50. The molecule has 0 aliphatic rings. The van der Waals surface area contributed by atoms with Gasteiger partial charge in [-0.2, -0.15) is 5.11 Å².